The lowest BCUT2D eigenvalue weighted by molar-refractivity contribution is 0.0302. The van der Waals surface area contributed by atoms with Crippen molar-refractivity contribution in [1.29, 1.82) is 0 Å². The van der Waals surface area contributed by atoms with Crippen LogP contribution in [0.25, 0.3) is 11.4 Å². The van der Waals surface area contributed by atoms with Gasteiger partial charge in [0, 0.05) is 30.5 Å². The zero-order valence-corrected chi connectivity index (χ0v) is 14.5. The van der Waals surface area contributed by atoms with Gasteiger partial charge >= 0.3 is 6.03 Å². The summed E-state index contributed by atoms with van der Waals surface area (Å²) in [5, 5.41) is 6.89. The molecule has 2 amide bonds. The number of hydrogen-bond donors (Lipinski definition) is 1. The second-order valence-electron chi connectivity index (χ2n) is 7.09. The third-order valence-electron chi connectivity index (χ3n) is 5.14. The summed E-state index contributed by atoms with van der Waals surface area (Å²) in [5.41, 5.74) is -1.16. The van der Waals surface area contributed by atoms with Gasteiger partial charge in [0.25, 0.3) is 5.89 Å². The highest BCUT2D eigenvalue weighted by atomic mass is 19.1. The second-order valence-corrected chi connectivity index (χ2v) is 7.09. The Labute approximate surface area is 151 Å². The van der Waals surface area contributed by atoms with E-state index in [0.717, 1.165) is 25.7 Å². The van der Waals surface area contributed by atoms with Gasteiger partial charge in [-0.1, -0.05) is 18.0 Å². The van der Waals surface area contributed by atoms with Gasteiger partial charge in [0.15, 0.2) is 0 Å². The summed E-state index contributed by atoms with van der Waals surface area (Å²) >= 11 is 0. The van der Waals surface area contributed by atoms with Crippen LogP contribution in [-0.4, -0.2) is 45.2 Å². The van der Waals surface area contributed by atoms with Crippen molar-refractivity contribution < 1.29 is 13.7 Å². The standard InChI is InChI=1S/C18H22FN5O2/c19-18(16-22-15(23-26-16)13-5-3-9-20-11-13)8-4-10-24(12-18)17(25)21-14-6-1-2-7-14/h3,5,9,11,14H,1-2,4,6-8,10,12H2,(H,21,25). The maximum atomic E-state index is 15.5. The molecule has 3 heterocycles. The first-order chi connectivity index (χ1) is 12.6. The number of carbonyl (C=O) groups excluding carboxylic acids is 1. The zero-order valence-electron chi connectivity index (χ0n) is 14.5. The van der Waals surface area contributed by atoms with Gasteiger partial charge in [-0.15, -0.1) is 0 Å². The number of nitrogens with one attached hydrogen (secondary N) is 1. The molecule has 2 aliphatic rings. The average molecular weight is 359 g/mol. The van der Waals surface area contributed by atoms with E-state index >= 15 is 4.39 Å². The van der Waals surface area contributed by atoms with Crippen LogP contribution in [0.3, 0.4) is 0 Å². The fourth-order valence-corrected chi connectivity index (χ4v) is 3.71. The molecule has 8 heteroatoms. The quantitative estimate of drug-likeness (QED) is 0.910. The average Bonchev–Trinajstić information content (AvgIpc) is 3.35. The number of amides is 2. The molecule has 0 radical (unpaired) electrons. The smallest absolute Gasteiger partial charge is 0.317 e. The van der Waals surface area contributed by atoms with Crippen molar-refractivity contribution in [3.05, 3.63) is 30.4 Å². The summed E-state index contributed by atoms with van der Waals surface area (Å²) in [7, 11) is 0. The van der Waals surface area contributed by atoms with Gasteiger partial charge in [0.1, 0.15) is 0 Å². The van der Waals surface area contributed by atoms with Crippen LogP contribution in [0.1, 0.15) is 44.4 Å². The first-order valence-electron chi connectivity index (χ1n) is 9.13. The summed E-state index contributed by atoms with van der Waals surface area (Å²) in [6, 6.07) is 3.55. The van der Waals surface area contributed by atoms with Crippen LogP contribution in [0.15, 0.2) is 29.0 Å². The lowest BCUT2D eigenvalue weighted by Crippen LogP contribution is -2.51. The van der Waals surface area contributed by atoms with E-state index in [0.29, 0.717) is 24.4 Å². The molecule has 7 nitrogen and oxygen atoms in total. The molecule has 1 aliphatic carbocycles. The van der Waals surface area contributed by atoms with Crippen molar-refractivity contribution >= 4 is 6.03 Å². The summed E-state index contributed by atoms with van der Waals surface area (Å²) in [5.74, 6) is 0.229. The van der Waals surface area contributed by atoms with E-state index < -0.39 is 5.67 Å². The Morgan fingerprint density at radius 2 is 2.19 bits per heavy atom. The molecule has 2 fully saturated rings. The number of likely N-dealkylation sites (tertiary alicyclic amines) is 1. The fraction of sp³-hybridized carbons (Fsp3) is 0.556. The molecule has 1 saturated heterocycles. The van der Waals surface area contributed by atoms with E-state index in [1.165, 1.54) is 4.90 Å². The van der Waals surface area contributed by atoms with Crippen molar-refractivity contribution in [2.75, 3.05) is 13.1 Å². The Bertz CT molecular complexity index is 762. The molecule has 138 valence electrons. The van der Waals surface area contributed by atoms with E-state index in [1.807, 2.05) is 0 Å². The highest BCUT2D eigenvalue weighted by Crippen LogP contribution is 2.35. The minimum absolute atomic E-state index is 0.0692. The second kappa shape index (κ2) is 7.01. The molecule has 0 bridgehead atoms. The van der Waals surface area contributed by atoms with Crippen LogP contribution in [0, 0.1) is 0 Å². The van der Waals surface area contributed by atoms with E-state index in [9.17, 15) is 4.79 Å². The number of rotatable bonds is 3. The Balaban J connectivity index is 1.47. The minimum Gasteiger partial charge on any atom is -0.335 e. The molecule has 0 spiro atoms. The number of aromatic nitrogens is 3. The van der Waals surface area contributed by atoms with E-state index in [4.69, 9.17) is 4.52 Å². The molecule has 2 aromatic heterocycles. The Hall–Kier alpha value is -2.51. The van der Waals surface area contributed by atoms with Crippen LogP contribution >= 0.6 is 0 Å². The summed E-state index contributed by atoms with van der Waals surface area (Å²) < 4.78 is 20.7. The van der Waals surface area contributed by atoms with Gasteiger partial charge in [-0.05, 0) is 37.8 Å². The highest BCUT2D eigenvalue weighted by Gasteiger charge is 2.44. The third kappa shape index (κ3) is 3.40. The van der Waals surface area contributed by atoms with Gasteiger partial charge in [-0.3, -0.25) is 4.98 Å². The van der Waals surface area contributed by atoms with Crippen LogP contribution < -0.4 is 5.32 Å². The van der Waals surface area contributed by atoms with Crippen molar-refractivity contribution in [3.63, 3.8) is 0 Å². The number of hydrogen-bond acceptors (Lipinski definition) is 5. The maximum absolute atomic E-state index is 15.5. The number of nitrogens with zero attached hydrogens (tertiary/aromatic N) is 4. The third-order valence-corrected chi connectivity index (χ3v) is 5.14. The molecule has 26 heavy (non-hydrogen) atoms. The number of carbonyl (C=O) groups is 1. The van der Waals surface area contributed by atoms with Gasteiger partial charge < -0.3 is 14.7 Å². The van der Waals surface area contributed by atoms with Crippen molar-refractivity contribution in [3.8, 4) is 11.4 Å². The van der Waals surface area contributed by atoms with Gasteiger partial charge in [0.2, 0.25) is 11.5 Å². The van der Waals surface area contributed by atoms with E-state index in [1.54, 1.807) is 24.5 Å². The SMILES string of the molecule is O=C(NC1CCCC1)N1CCCC(F)(c2nc(-c3cccnc3)no2)C1. The Morgan fingerprint density at radius 3 is 2.96 bits per heavy atom. The molecular weight excluding hydrogens is 337 g/mol. The predicted molar refractivity (Wildman–Crippen MR) is 91.9 cm³/mol. The number of alkyl halides is 1. The molecule has 1 atom stereocenters. The molecule has 1 saturated carbocycles. The first kappa shape index (κ1) is 16.9. The lowest BCUT2D eigenvalue weighted by atomic mass is 9.94. The van der Waals surface area contributed by atoms with Crippen molar-refractivity contribution in [1.82, 2.24) is 25.3 Å². The van der Waals surface area contributed by atoms with Gasteiger partial charge in [-0.25, -0.2) is 9.18 Å². The molecule has 0 aromatic carbocycles. The molecule has 1 aliphatic heterocycles. The molecule has 1 N–H and O–H groups in total. The Morgan fingerprint density at radius 1 is 1.35 bits per heavy atom. The minimum atomic E-state index is -1.82. The molecule has 2 aromatic rings. The van der Waals surface area contributed by atoms with E-state index in [-0.39, 0.29) is 30.9 Å². The first-order valence-corrected chi connectivity index (χ1v) is 9.13. The van der Waals surface area contributed by atoms with Crippen LogP contribution in [-0.2, 0) is 5.67 Å². The molecular formula is C18H22FN5O2. The van der Waals surface area contributed by atoms with Crippen LogP contribution in [0.4, 0.5) is 9.18 Å². The normalized spacial score (nSPS) is 24.0. The number of halogens is 1. The van der Waals surface area contributed by atoms with Crippen molar-refractivity contribution in [2.24, 2.45) is 0 Å². The number of piperidine rings is 1. The summed E-state index contributed by atoms with van der Waals surface area (Å²) in [4.78, 5) is 22.2. The van der Waals surface area contributed by atoms with Gasteiger partial charge in [0.05, 0.1) is 6.54 Å². The number of urea groups is 1. The zero-order chi connectivity index (χ0) is 18.0. The summed E-state index contributed by atoms with van der Waals surface area (Å²) in [6.45, 7) is 0.466. The predicted octanol–water partition coefficient (Wildman–Crippen LogP) is 3.04. The van der Waals surface area contributed by atoms with Crippen LogP contribution in [0.5, 0.6) is 0 Å². The maximum Gasteiger partial charge on any atom is 0.317 e. The fourth-order valence-electron chi connectivity index (χ4n) is 3.71. The topological polar surface area (TPSA) is 84.2 Å². The lowest BCUT2D eigenvalue weighted by Gasteiger charge is -2.35. The monoisotopic (exact) mass is 359 g/mol. The van der Waals surface area contributed by atoms with Crippen LogP contribution in [0.2, 0.25) is 0 Å². The van der Waals surface area contributed by atoms with E-state index in [2.05, 4.69) is 20.4 Å². The van der Waals surface area contributed by atoms with Gasteiger partial charge in [-0.2, -0.15) is 4.98 Å². The molecule has 1 unspecified atom stereocenters. The summed E-state index contributed by atoms with van der Waals surface area (Å²) in [6.07, 6.45) is 8.32. The molecule has 4 rings (SSSR count). The number of pyridine rings is 1. The van der Waals surface area contributed by atoms with Crippen molar-refractivity contribution in [2.45, 2.75) is 50.2 Å². The highest BCUT2D eigenvalue weighted by molar-refractivity contribution is 5.74. The largest absolute Gasteiger partial charge is 0.335 e. The Kier molecular flexibility index (Phi) is 4.57.